The van der Waals surface area contributed by atoms with Crippen molar-refractivity contribution in [2.75, 3.05) is 18.6 Å². The van der Waals surface area contributed by atoms with Gasteiger partial charge >= 0.3 is 5.97 Å². The Morgan fingerprint density at radius 3 is 2.31 bits per heavy atom. The van der Waals surface area contributed by atoms with Crippen LogP contribution in [0.15, 0.2) is 58.3 Å². The van der Waals surface area contributed by atoms with E-state index in [0.29, 0.717) is 12.0 Å². The molecule has 2 aromatic rings. The van der Waals surface area contributed by atoms with Crippen molar-refractivity contribution in [3.8, 4) is 0 Å². The van der Waals surface area contributed by atoms with Gasteiger partial charge in [0.05, 0.1) is 22.3 Å². The normalized spacial score (nSPS) is 13.5. The number of carbonyl (C=O) groups is 3. The monoisotopic (exact) mass is 558 g/mol. The van der Waals surface area contributed by atoms with E-state index in [2.05, 4.69) is 5.32 Å². The summed E-state index contributed by atoms with van der Waals surface area (Å²) < 4.78 is 62.4. The Morgan fingerprint density at radius 1 is 1.06 bits per heavy atom. The molecule has 1 unspecified atom stereocenters. The van der Waals surface area contributed by atoms with Gasteiger partial charge in [0.15, 0.2) is 9.84 Å². The van der Waals surface area contributed by atoms with Gasteiger partial charge in [-0.15, -0.1) is 0 Å². The lowest BCUT2D eigenvalue weighted by molar-refractivity contribution is -0.138. The predicted octanol–water partition coefficient (Wildman–Crippen LogP) is 0.479. The Balaban J connectivity index is 1.87. The van der Waals surface area contributed by atoms with Gasteiger partial charge in [-0.3, -0.25) is 13.8 Å². The molecule has 0 spiro atoms. The standard InChI is InChI=1S/C22H26N2O9S3/c1-35(30,31)19-8-6-17(7-9-19)22(28)23-10-3-11-34(29)15-16-4-2-5-20(12-16)36(32,33)24-18(14-25)13-21(26)27/h2,4-9,12,14,18,24H,3,10-11,13,15H2,1H3,(H,23,28)(H,26,27)/t18-,34?/m0/s1. The van der Waals surface area contributed by atoms with Crippen LogP contribution in [0.5, 0.6) is 0 Å². The van der Waals surface area contributed by atoms with Crippen LogP contribution in [0.3, 0.4) is 0 Å². The van der Waals surface area contributed by atoms with Crippen molar-refractivity contribution in [1.29, 1.82) is 0 Å². The van der Waals surface area contributed by atoms with Crippen molar-refractivity contribution in [1.82, 2.24) is 10.0 Å². The van der Waals surface area contributed by atoms with E-state index in [-0.39, 0.29) is 39.7 Å². The summed E-state index contributed by atoms with van der Waals surface area (Å²) in [7, 11) is -8.89. The van der Waals surface area contributed by atoms with Crippen molar-refractivity contribution >= 4 is 48.8 Å². The van der Waals surface area contributed by atoms with E-state index in [9.17, 15) is 35.4 Å². The van der Waals surface area contributed by atoms with Gasteiger partial charge in [-0.1, -0.05) is 12.1 Å². The first-order valence-corrected chi connectivity index (χ1v) is 15.4. The van der Waals surface area contributed by atoms with Gasteiger partial charge in [0.25, 0.3) is 5.91 Å². The van der Waals surface area contributed by atoms with Crippen molar-refractivity contribution in [3.05, 3.63) is 59.7 Å². The lowest BCUT2D eigenvalue weighted by Gasteiger charge is -2.12. The minimum Gasteiger partial charge on any atom is -0.481 e. The minimum atomic E-state index is -4.17. The zero-order chi connectivity index (χ0) is 26.9. The first-order valence-electron chi connectivity index (χ1n) is 10.5. The molecule has 2 atom stereocenters. The summed E-state index contributed by atoms with van der Waals surface area (Å²) in [6.45, 7) is 0.230. The molecule has 1 amide bonds. The topological polar surface area (TPSA) is 181 Å². The average molecular weight is 559 g/mol. The third-order valence-corrected chi connectivity index (χ3v) is 8.80. The quantitative estimate of drug-likeness (QED) is 0.219. The Kier molecular flexibility index (Phi) is 10.5. The highest BCUT2D eigenvalue weighted by Gasteiger charge is 2.22. The molecule has 0 saturated carbocycles. The number of hydrogen-bond acceptors (Lipinski definition) is 8. The molecule has 0 aliphatic heterocycles. The van der Waals surface area contributed by atoms with E-state index in [0.717, 1.165) is 6.26 Å². The lowest BCUT2D eigenvalue weighted by atomic mass is 10.2. The van der Waals surface area contributed by atoms with Crippen LogP contribution in [-0.4, -0.2) is 68.9 Å². The molecule has 2 aromatic carbocycles. The highest BCUT2D eigenvalue weighted by molar-refractivity contribution is 7.90. The number of sulfonamides is 1. The SMILES string of the molecule is CS(=O)(=O)c1ccc(C(=O)NCCCS(=O)Cc2cccc(S(=O)(=O)N[C@H](C=O)CC(=O)O)c2)cc1. The summed E-state index contributed by atoms with van der Waals surface area (Å²) in [6, 6.07) is 9.68. The van der Waals surface area contributed by atoms with Crippen LogP contribution in [0.1, 0.15) is 28.8 Å². The second kappa shape index (κ2) is 12.9. The first-order chi connectivity index (χ1) is 16.8. The fourth-order valence-corrected chi connectivity index (χ4v) is 6.05. The molecule has 11 nitrogen and oxygen atoms in total. The summed E-state index contributed by atoms with van der Waals surface area (Å²) in [5, 5.41) is 11.4. The maximum Gasteiger partial charge on any atom is 0.305 e. The van der Waals surface area contributed by atoms with E-state index < -0.39 is 55.0 Å². The van der Waals surface area contributed by atoms with E-state index in [4.69, 9.17) is 5.11 Å². The van der Waals surface area contributed by atoms with Gasteiger partial charge in [0, 0.05) is 40.7 Å². The number of aldehydes is 1. The van der Waals surface area contributed by atoms with Crippen LogP contribution in [-0.2, 0) is 46.0 Å². The molecule has 196 valence electrons. The van der Waals surface area contributed by atoms with Crippen LogP contribution >= 0.6 is 0 Å². The summed E-state index contributed by atoms with van der Waals surface area (Å²) in [5.74, 6) is -1.45. The number of amides is 1. The van der Waals surface area contributed by atoms with Crippen LogP contribution < -0.4 is 10.0 Å². The molecule has 0 fully saturated rings. The number of benzene rings is 2. The molecular formula is C22H26N2O9S3. The van der Waals surface area contributed by atoms with Gasteiger partial charge in [0.2, 0.25) is 10.0 Å². The molecule has 0 aliphatic carbocycles. The molecule has 0 aromatic heterocycles. The third-order valence-electron chi connectivity index (χ3n) is 4.78. The molecule has 36 heavy (non-hydrogen) atoms. The predicted molar refractivity (Wildman–Crippen MR) is 132 cm³/mol. The van der Waals surface area contributed by atoms with Gasteiger partial charge in [-0.25, -0.2) is 21.6 Å². The number of nitrogens with one attached hydrogen (secondary N) is 2. The first kappa shape index (κ1) is 29.3. The Morgan fingerprint density at radius 2 is 1.72 bits per heavy atom. The molecular weight excluding hydrogens is 532 g/mol. The van der Waals surface area contributed by atoms with Crippen LogP contribution in [0.4, 0.5) is 0 Å². The number of carboxylic acids is 1. The maximum atomic E-state index is 12.5. The Labute approximate surface area is 211 Å². The Hall–Kier alpha value is -2.94. The average Bonchev–Trinajstić information content (AvgIpc) is 2.80. The second-order valence-electron chi connectivity index (χ2n) is 7.80. The largest absolute Gasteiger partial charge is 0.481 e. The van der Waals surface area contributed by atoms with Crippen LogP contribution in [0, 0.1) is 0 Å². The van der Waals surface area contributed by atoms with E-state index in [1.165, 1.54) is 42.5 Å². The lowest BCUT2D eigenvalue weighted by Crippen LogP contribution is -2.37. The molecule has 0 aliphatic rings. The molecule has 0 bridgehead atoms. The molecule has 14 heteroatoms. The van der Waals surface area contributed by atoms with Gasteiger partial charge in [-0.05, 0) is 48.4 Å². The minimum absolute atomic E-state index is 0.0521. The fraction of sp³-hybridized carbons (Fsp3) is 0.318. The highest BCUT2D eigenvalue weighted by Crippen LogP contribution is 2.14. The molecule has 2 rings (SSSR count). The van der Waals surface area contributed by atoms with Gasteiger partial charge in [-0.2, -0.15) is 0 Å². The molecule has 0 radical (unpaired) electrons. The Bertz CT molecular complexity index is 1340. The van der Waals surface area contributed by atoms with Crippen molar-refractivity contribution in [2.24, 2.45) is 0 Å². The number of sulfone groups is 1. The maximum absolute atomic E-state index is 12.5. The number of hydrogen-bond donors (Lipinski definition) is 3. The van der Waals surface area contributed by atoms with Gasteiger partial charge in [0.1, 0.15) is 6.29 Å². The third kappa shape index (κ3) is 9.26. The number of carbonyl (C=O) groups excluding carboxylic acids is 2. The molecule has 3 N–H and O–H groups in total. The van der Waals surface area contributed by atoms with E-state index >= 15 is 0 Å². The summed E-state index contributed by atoms with van der Waals surface area (Å²) in [5.41, 5.74) is 0.752. The summed E-state index contributed by atoms with van der Waals surface area (Å²) in [6.07, 6.45) is 0.957. The smallest absolute Gasteiger partial charge is 0.305 e. The summed E-state index contributed by atoms with van der Waals surface area (Å²) >= 11 is 0. The van der Waals surface area contributed by atoms with Crippen molar-refractivity contribution in [3.63, 3.8) is 0 Å². The highest BCUT2D eigenvalue weighted by atomic mass is 32.2. The fourth-order valence-electron chi connectivity index (χ4n) is 3.02. The molecule has 0 heterocycles. The van der Waals surface area contributed by atoms with Crippen LogP contribution in [0.2, 0.25) is 0 Å². The molecule has 0 saturated heterocycles. The number of carboxylic acid groups (broad SMARTS) is 1. The summed E-state index contributed by atoms with van der Waals surface area (Å²) in [4.78, 5) is 33.8. The van der Waals surface area contributed by atoms with Gasteiger partial charge < -0.3 is 15.2 Å². The van der Waals surface area contributed by atoms with E-state index in [1.54, 1.807) is 6.07 Å². The zero-order valence-corrected chi connectivity index (χ0v) is 21.7. The van der Waals surface area contributed by atoms with E-state index in [1.807, 2.05) is 4.72 Å². The second-order valence-corrected chi connectivity index (χ2v) is 13.1. The van der Waals surface area contributed by atoms with Crippen molar-refractivity contribution in [2.45, 2.75) is 34.4 Å². The number of rotatable bonds is 14. The van der Waals surface area contributed by atoms with Crippen LogP contribution in [0.25, 0.3) is 0 Å². The zero-order valence-electron chi connectivity index (χ0n) is 19.2. The number of aliphatic carboxylic acids is 1. The van der Waals surface area contributed by atoms with Crippen molar-refractivity contribution < 1.29 is 40.5 Å².